The number of hydrogen-bond donors (Lipinski definition) is 2. The monoisotopic (exact) mass is 300 g/mol. The van der Waals surface area contributed by atoms with E-state index in [-0.39, 0.29) is 11.7 Å². The molecule has 3 N–H and O–H groups in total. The number of methoxy groups -OCH3 is 1. The van der Waals surface area contributed by atoms with Crippen molar-refractivity contribution in [2.75, 3.05) is 23.9 Å². The fourth-order valence-corrected chi connectivity index (χ4v) is 2.39. The molecule has 112 valence electrons. The van der Waals surface area contributed by atoms with Gasteiger partial charge in [0, 0.05) is 12.8 Å². The number of rotatable bonds is 6. The second-order valence-electron chi connectivity index (χ2n) is 4.36. The maximum absolute atomic E-state index is 11.8. The molecule has 20 heavy (non-hydrogen) atoms. The molecular formula is C12H20N4O3S. The topological polar surface area (TPSA) is 99.2 Å². The van der Waals surface area contributed by atoms with Gasteiger partial charge in [0.05, 0.1) is 29.9 Å². The zero-order valence-electron chi connectivity index (χ0n) is 12.1. The molecule has 1 unspecified atom stereocenters. The number of aryl methyl sites for hydroxylation is 2. The van der Waals surface area contributed by atoms with E-state index >= 15 is 0 Å². The number of anilines is 1. The van der Waals surface area contributed by atoms with Gasteiger partial charge in [-0.25, -0.2) is 0 Å². The Balaban J connectivity index is 2.43. The molecule has 0 bridgehead atoms. The molecule has 0 saturated carbocycles. The van der Waals surface area contributed by atoms with Gasteiger partial charge in [-0.3, -0.25) is 14.3 Å². The number of thioether (sulfide) groups is 1. The van der Waals surface area contributed by atoms with E-state index in [0.717, 1.165) is 17.1 Å². The van der Waals surface area contributed by atoms with Crippen LogP contribution < -0.4 is 11.1 Å². The van der Waals surface area contributed by atoms with E-state index in [4.69, 9.17) is 5.73 Å². The van der Waals surface area contributed by atoms with Crippen LogP contribution in [0.15, 0.2) is 0 Å². The molecule has 8 heteroatoms. The van der Waals surface area contributed by atoms with Crippen LogP contribution in [0.5, 0.6) is 0 Å². The van der Waals surface area contributed by atoms with E-state index in [1.54, 1.807) is 4.68 Å². The van der Waals surface area contributed by atoms with Gasteiger partial charge in [0.15, 0.2) is 0 Å². The van der Waals surface area contributed by atoms with Crippen molar-refractivity contribution in [1.29, 1.82) is 0 Å². The summed E-state index contributed by atoms with van der Waals surface area (Å²) < 4.78 is 6.22. The highest BCUT2D eigenvalue weighted by Gasteiger charge is 2.16. The molecule has 0 aliphatic rings. The summed E-state index contributed by atoms with van der Waals surface area (Å²) in [4.78, 5) is 22.9. The lowest BCUT2D eigenvalue weighted by molar-refractivity contribution is -0.141. The molecule has 0 radical (unpaired) electrons. The Bertz CT molecular complexity index is 501. The van der Waals surface area contributed by atoms with Crippen molar-refractivity contribution in [3.63, 3.8) is 0 Å². The van der Waals surface area contributed by atoms with E-state index in [9.17, 15) is 9.59 Å². The molecule has 0 spiro atoms. The second kappa shape index (κ2) is 7.30. The highest BCUT2D eigenvalue weighted by molar-refractivity contribution is 8.00. The van der Waals surface area contributed by atoms with Crippen molar-refractivity contribution in [1.82, 2.24) is 9.78 Å². The lowest BCUT2D eigenvalue weighted by atomic mass is 10.3. The lowest BCUT2D eigenvalue weighted by Gasteiger charge is -2.09. The van der Waals surface area contributed by atoms with Gasteiger partial charge in [-0.05, 0) is 13.8 Å². The van der Waals surface area contributed by atoms with Crippen LogP contribution in [0, 0.1) is 13.8 Å². The molecule has 1 aromatic heterocycles. The average molecular weight is 300 g/mol. The van der Waals surface area contributed by atoms with Crippen molar-refractivity contribution in [2.45, 2.75) is 19.9 Å². The third-order valence-corrected chi connectivity index (χ3v) is 3.87. The number of aromatic nitrogens is 2. The lowest BCUT2D eigenvalue weighted by Crippen LogP contribution is -2.34. The number of carbonyl (C=O) groups is 2. The summed E-state index contributed by atoms with van der Waals surface area (Å²) in [5.41, 5.74) is 7.98. The minimum atomic E-state index is -0.709. The summed E-state index contributed by atoms with van der Waals surface area (Å²) in [5, 5.41) is 7.04. The minimum absolute atomic E-state index is 0.147. The van der Waals surface area contributed by atoms with E-state index in [0.29, 0.717) is 5.75 Å². The smallest absolute Gasteiger partial charge is 0.323 e. The SMILES string of the molecule is COC(=O)C(N)CSCC(=O)Nc1c(C)nn(C)c1C. The number of nitrogens with one attached hydrogen (secondary N) is 1. The first-order valence-corrected chi connectivity index (χ1v) is 7.23. The molecule has 1 amide bonds. The van der Waals surface area contributed by atoms with Gasteiger partial charge in [0.25, 0.3) is 0 Å². The Kier molecular flexibility index (Phi) is 6.03. The standard InChI is InChI=1S/C12H20N4O3S/c1-7-11(8(2)16(3)15-7)14-10(17)6-20-5-9(13)12(18)19-4/h9H,5-6,13H2,1-4H3,(H,14,17). The summed E-state index contributed by atoms with van der Waals surface area (Å²) in [6.07, 6.45) is 0. The second-order valence-corrected chi connectivity index (χ2v) is 5.39. The van der Waals surface area contributed by atoms with Crippen LogP contribution >= 0.6 is 11.8 Å². The molecule has 0 fully saturated rings. The van der Waals surface area contributed by atoms with Gasteiger partial charge in [0.2, 0.25) is 5.91 Å². The van der Waals surface area contributed by atoms with E-state index in [1.807, 2.05) is 20.9 Å². The predicted molar refractivity (Wildman–Crippen MR) is 78.6 cm³/mol. The summed E-state index contributed by atoms with van der Waals surface area (Å²) in [6, 6.07) is -0.709. The summed E-state index contributed by atoms with van der Waals surface area (Å²) in [6.45, 7) is 3.72. The molecule has 1 atom stereocenters. The maximum atomic E-state index is 11.8. The van der Waals surface area contributed by atoms with Gasteiger partial charge >= 0.3 is 5.97 Å². The predicted octanol–water partition coefficient (Wildman–Crippen LogP) is 0.209. The molecule has 0 aromatic carbocycles. The number of ether oxygens (including phenoxy) is 1. The first kappa shape index (κ1) is 16.5. The van der Waals surface area contributed by atoms with E-state index in [1.165, 1.54) is 18.9 Å². The number of esters is 1. The molecule has 1 rings (SSSR count). The first-order chi connectivity index (χ1) is 9.36. The third kappa shape index (κ3) is 4.24. The number of nitrogens with zero attached hydrogens (tertiary/aromatic N) is 2. The van der Waals surface area contributed by atoms with Crippen molar-refractivity contribution in [3.05, 3.63) is 11.4 Å². The number of carbonyl (C=O) groups excluding carboxylic acids is 2. The molecular weight excluding hydrogens is 280 g/mol. The highest BCUT2D eigenvalue weighted by Crippen LogP contribution is 2.18. The molecule has 0 saturated heterocycles. The van der Waals surface area contributed by atoms with Gasteiger partial charge in [-0.1, -0.05) is 0 Å². The van der Waals surface area contributed by atoms with Crippen LogP contribution in [0.3, 0.4) is 0 Å². The van der Waals surface area contributed by atoms with Crippen LogP contribution in [-0.4, -0.2) is 46.3 Å². The molecule has 1 heterocycles. The van der Waals surface area contributed by atoms with Gasteiger partial charge < -0.3 is 15.8 Å². The zero-order chi connectivity index (χ0) is 15.3. The van der Waals surface area contributed by atoms with Crippen LogP contribution in [0.2, 0.25) is 0 Å². The Morgan fingerprint density at radius 1 is 1.50 bits per heavy atom. The first-order valence-electron chi connectivity index (χ1n) is 6.08. The van der Waals surface area contributed by atoms with Crippen LogP contribution in [0.25, 0.3) is 0 Å². The number of hydrogen-bond acceptors (Lipinski definition) is 6. The van der Waals surface area contributed by atoms with Crippen LogP contribution in [-0.2, 0) is 21.4 Å². The zero-order valence-corrected chi connectivity index (χ0v) is 12.9. The van der Waals surface area contributed by atoms with Gasteiger partial charge in [-0.15, -0.1) is 11.8 Å². The fraction of sp³-hybridized carbons (Fsp3) is 0.583. The fourth-order valence-electron chi connectivity index (χ4n) is 1.63. The van der Waals surface area contributed by atoms with Crippen molar-refractivity contribution < 1.29 is 14.3 Å². The quantitative estimate of drug-likeness (QED) is 0.729. The highest BCUT2D eigenvalue weighted by atomic mass is 32.2. The van der Waals surface area contributed by atoms with E-state index in [2.05, 4.69) is 15.2 Å². The molecule has 0 aliphatic heterocycles. The summed E-state index contributed by atoms with van der Waals surface area (Å²) in [7, 11) is 3.11. The molecule has 0 aliphatic carbocycles. The van der Waals surface area contributed by atoms with Gasteiger partial charge in [-0.2, -0.15) is 5.10 Å². The Labute approximate surface area is 122 Å². The Morgan fingerprint density at radius 2 is 2.15 bits per heavy atom. The molecule has 7 nitrogen and oxygen atoms in total. The van der Waals surface area contributed by atoms with Crippen molar-refractivity contribution in [3.8, 4) is 0 Å². The van der Waals surface area contributed by atoms with E-state index < -0.39 is 12.0 Å². The third-order valence-electron chi connectivity index (χ3n) is 2.81. The number of nitrogens with two attached hydrogens (primary N) is 1. The maximum Gasteiger partial charge on any atom is 0.323 e. The minimum Gasteiger partial charge on any atom is -0.468 e. The van der Waals surface area contributed by atoms with Crippen molar-refractivity contribution >= 4 is 29.3 Å². The Hall–Kier alpha value is -1.54. The average Bonchev–Trinajstić information content (AvgIpc) is 2.64. The molecule has 1 aromatic rings. The van der Waals surface area contributed by atoms with Crippen molar-refractivity contribution in [2.24, 2.45) is 12.8 Å². The summed E-state index contributed by atoms with van der Waals surface area (Å²) >= 11 is 1.29. The number of amides is 1. The van der Waals surface area contributed by atoms with Gasteiger partial charge in [0.1, 0.15) is 6.04 Å². The van der Waals surface area contributed by atoms with Crippen LogP contribution in [0.1, 0.15) is 11.4 Å². The normalized spacial score (nSPS) is 12.1. The summed E-state index contributed by atoms with van der Waals surface area (Å²) in [5.74, 6) is -0.0630. The largest absolute Gasteiger partial charge is 0.468 e. The Morgan fingerprint density at radius 3 is 2.65 bits per heavy atom. The van der Waals surface area contributed by atoms with Crippen LogP contribution in [0.4, 0.5) is 5.69 Å².